The average molecular weight is 472 g/mol. The highest BCUT2D eigenvalue weighted by Gasteiger charge is 2.27. The number of anilines is 1. The fraction of sp³-hybridized carbons (Fsp3) is 0.222. The van der Waals surface area contributed by atoms with Gasteiger partial charge < -0.3 is 15.3 Å². The maximum absolute atomic E-state index is 14.6. The summed E-state index contributed by atoms with van der Waals surface area (Å²) in [5.41, 5.74) is 2.46. The van der Waals surface area contributed by atoms with Crippen LogP contribution >= 0.6 is 0 Å². The van der Waals surface area contributed by atoms with Crippen molar-refractivity contribution in [3.8, 4) is 16.9 Å². The molecule has 7 nitrogen and oxygen atoms in total. The number of nitrogens with one attached hydrogen (secondary N) is 1. The molecule has 5 rings (SSSR count). The van der Waals surface area contributed by atoms with Gasteiger partial charge in [0.1, 0.15) is 17.4 Å². The predicted octanol–water partition coefficient (Wildman–Crippen LogP) is 4.90. The van der Waals surface area contributed by atoms with Crippen LogP contribution in [-0.4, -0.2) is 43.8 Å². The summed E-state index contributed by atoms with van der Waals surface area (Å²) in [6.45, 7) is 5.36. The number of nitrogens with zero attached hydrogens (tertiary/aromatic N) is 4. The number of rotatable bonds is 6. The third-order valence-electron chi connectivity index (χ3n) is 6.39. The van der Waals surface area contributed by atoms with Crippen LogP contribution in [0.1, 0.15) is 24.4 Å². The van der Waals surface area contributed by atoms with Gasteiger partial charge in [-0.3, -0.25) is 9.78 Å². The van der Waals surface area contributed by atoms with Gasteiger partial charge in [-0.25, -0.2) is 9.07 Å². The number of phenolic OH excluding ortho intramolecular Hbond substituents is 1. The Morgan fingerprint density at radius 1 is 1.26 bits per heavy atom. The number of aromatic hydroxyl groups is 1. The number of carbonyl (C=O) groups excluding carboxylic acids is 1. The molecule has 2 N–H and O–H groups in total. The van der Waals surface area contributed by atoms with Crippen LogP contribution in [0, 0.1) is 5.82 Å². The number of likely N-dealkylation sites (tertiary alicyclic amines) is 1. The van der Waals surface area contributed by atoms with Crippen LogP contribution in [0.25, 0.3) is 22.0 Å². The lowest BCUT2D eigenvalue weighted by molar-refractivity contribution is -0.127. The summed E-state index contributed by atoms with van der Waals surface area (Å²) in [7, 11) is 0. The Labute approximate surface area is 202 Å². The number of aromatic nitrogens is 3. The molecule has 0 radical (unpaired) electrons. The van der Waals surface area contributed by atoms with Crippen LogP contribution in [0.5, 0.6) is 5.75 Å². The van der Waals surface area contributed by atoms with E-state index in [1.807, 2.05) is 28.9 Å². The number of amides is 1. The number of carbonyl (C=O) groups is 1. The number of piperidine rings is 1. The largest absolute Gasteiger partial charge is 0.507 e. The number of phenols is 1. The summed E-state index contributed by atoms with van der Waals surface area (Å²) < 4.78 is 16.5. The normalized spacial score (nSPS) is 15.8. The Bertz CT molecular complexity index is 1370. The van der Waals surface area contributed by atoms with Crippen molar-refractivity contribution in [1.29, 1.82) is 0 Å². The van der Waals surface area contributed by atoms with E-state index in [0.717, 1.165) is 35.1 Å². The van der Waals surface area contributed by atoms with Crippen LogP contribution in [0.3, 0.4) is 0 Å². The Balaban J connectivity index is 1.59. The number of pyridine rings is 1. The van der Waals surface area contributed by atoms with Crippen molar-refractivity contribution in [3.63, 3.8) is 0 Å². The highest BCUT2D eigenvalue weighted by molar-refractivity contribution is 5.94. The summed E-state index contributed by atoms with van der Waals surface area (Å²) in [5.74, 6) is 0.0768. The number of hydrogen-bond donors (Lipinski definition) is 2. The molecule has 1 atom stereocenters. The Hall–Kier alpha value is -4.20. The van der Waals surface area contributed by atoms with E-state index in [1.165, 1.54) is 24.3 Å². The summed E-state index contributed by atoms with van der Waals surface area (Å²) in [4.78, 5) is 18.3. The minimum absolute atomic E-state index is 0.0261. The zero-order chi connectivity index (χ0) is 24.4. The van der Waals surface area contributed by atoms with Crippen molar-refractivity contribution in [2.75, 3.05) is 18.4 Å². The van der Waals surface area contributed by atoms with E-state index < -0.39 is 5.82 Å². The first-order valence-electron chi connectivity index (χ1n) is 11.6. The van der Waals surface area contributed by atoms with Gasteiger partial charge in [-0.05, 0) is 60.4 Å². The van der Waals surface area contributed by atoms with Gasteiger partial charge in [0.2, 0.25) is 5.91 Å². The Kier molecular flexibility index (Phi) is 6.18. The van der Waals surface area contributed by atoms with Gasteiger partial charge in [-0.15, -0.1) is 0 Å². The van der Waals surface area contributed by atoms with E-state index in [9.17, 15) is 14.3 Å². The molecule has 35 heavy (non-hydrogen) atoms. The molecule has 3 heterocycles. The summed E-state index contributed by atoms with van der Waals surface area (Å²) in [5, 5.41) is 19.5. The molecule has 1 saturated heterocycles. The zero-order valence-corrected chi connectivity index (χ0v) is 19.2. The number of hydrogen-bond acceptors (Lipinski definition) is 5. The van der Waals surface area contributed by atoms with Crippen molar-refractivity contribution in [3.05, 3.63) is 85.0 Å². The minimum Gasteiger partial charge on any atom is -0.507 e. The third kappa shape index (κ3) is 4.47. The number of halogens is 1. The summed E-state index contributed by atoms with van der Waals surface area (Å²) >= 11 is 0. The smallest absolute Gasteiger partial charge is 0.246 e. The van der Waals surface area contributed by atoms with Gasteiger partial charge in [0.15, 0.2) is 0 Å². The zero-order valence-electron chi connectivity index (χ0n) is 19.2. The van der Waals surface area contributed by atoms with Crippen LogP contribution in [0.2, 0.25) is 0 Å². The monoisotopic (exact) mass is 471 g/mol. The van der Waals surface area contributed by atoms with Gasteiger partial charge in [0.05, 0.1) is 17.1 Å². The molecule has 4 aromatic rings. The standard InChI is InChI=1S/C27H26FN5O2/c1-2-25(35)32-13-5-7-20(17-32)33-27(30-16-18-6-4-12-29-15-18)21-14-19(10-11-23(21)31-33)26-22(28)8-3-9-24(26)34/h2-4,6,8-12,14-15,20,30,34H,1,5,7,13,16-17H2. The molecule has 1 fully saturated rings. The number of benzene rings is 2. The van der Waals surface area contributed by atoms with Crippen molar-refractivity contribution in [2.24, 2.45) is 0 Å². The molecule has 1 aliphatic heterocycles. The van der Waals surface area contributed by atoms with Crippen LogP contribution in [0.15, 0.2) is 73.6 Å². The van der Waals surface area contributed by atoms with Gasteiger partial charge in [0, 0.05) is 37.4 Å². The van der Waals surface area contributed by atoms with E-state index in [-0.39, 0.29) is 23.3 Å². The number of fused-ring (bicyclic) bond motifs is 1. The van der Waals surface area contributed by atoms with Crippen molar-refractivity contribution < 1.29 is 14.3 Å². The highest BCUT2D eigenvalue weighted by Crippen LogP contribution is 2.37. The van der Waals surface area contributed by atoms with E-state index >= 15 is 0 Å². The van der Waals surface area contributed by atoms with Crippen molar-refractivity contribution in [2.45, 2.75) is 25.4 Å². The average Bonchev–Trinajstić information content (AvgIpc) is 3.25. The SMILES string of the molecule is C=CC(=O)N1CCCC(n2nc3ccc(-c4c(O)cccc4F)cc3c2NCc2cccnc2)C1. The molecule has 178 valence electrons. The summed E-state index contributed by atoms with van der Waals surface area (Å²) in [6.07, 6.45) is 6.60. The lowest BCUT2D eigenvalue weighted by Crippen LogP contribution is -2.40. The molecular formula is C27H26FN5O2. The van der Waals surface area contributed by atoms with Gasteiger partial charge in [-0.1, -0.05) is 24.8 Å². The van der Waals surface area contributed by atoms with Crippen LogP contribution in [-0.2, 0) is 11.3 Å². The molecule has 0 bridgehead atoms. The lowest BCUT2D eigenvalue weighted by Gasteiger charge is -2.33. The molecule has 1 amide bonds. The highest BCUT2D eigenvalue weighted by atomic mass is 19.1. The van der Waals surface area contributed by atoms with Crippen LogP contribution in [0.4, 0.5) is 10.2 Å². The molecule has 1 unspecified atom stereocenters. The Morgan fingerprint density at radius 2 is 2.14 bits per heavy atom. The molecule has 1 aliphatic rings. The van der Waals surface area contributed by atoms with E-state index in [0.29, 0.717) is 25.2 Å². The maximum atomic E-state index is 14.6. The topological polar surface area (TPSA) is 83.3 Å². The molecule has 0 spiro atoms. The van der Waals surface area contributed by atoms with Crippen molar-refractivity contribution >= 4 is 22.6 Å². The third-order valence-corrected chi connectivity index (χ3v) is 6.39. The molecule has 8 heteroatoms. The summed E-state index contributed by atoms with van der Waals surface area (Å²) in [6, 6.07) is 13.6. The van der Waals surface area contributed by atoms with Gasteiger partial charge in [0.25, 0.3) is 0 Å². The lowest BCUT2D eigenvalue weighted by atomic mass is 10.0. The van der Waals surface area contributed by atoms with E-state index in [4.69, 9.17) is 5.10 Å². The van der Waals surface area contributed by atoms with E-state index in [2.05, 4.69) is 16.9 Å². The maximum Gasteiger partial charge on any atom is 0.246 e. The fourth-order valence-electron chi connectivity index (χ4n) is 4.67. The molecule has 0 saturated carbocycles. The first-order valence-corrected chi connectivity index (χ1v) is 11.6. The van der Waals surface area contributed by atoms with Crippen molar-refractivity contribution in [1.82, 2.24) is 19.7 Å². The van der Waals surface area contributed by atoms with Crippen LogP contribution < -0.4 is 5.32 Å². The predicted molar refractivity (Wildman–Crippen MR) is 133 cm³/mol. The fourth-order valence-corrected chi connectivity index (χ4v) is 4.67. The van der Waals surface area contributed by atoms with Gasteiger partial charge >= 0.3 is 0 Å². The van der Waals surface area contributed by atoms with E-state index in [1.54, 1.807) is 23.4 Å². The molecular weight excluding hydrogens is 445 g/mol. The minimum atomic E-state index is -0.493. The second kappa shape index (κ2) is 9.58. The second-order valence-electron chi connectivity index (χ2n) is 8.66. The van der Waals surface area contributed by atoms with Gasteiger partial charge in [-0.2, -0.15) is 5.10 Å². The quantitative estimate of drug-likeness (QED) is 0.391. The Morgan fingerprint density at radius 3 is 2.91 bits per heavy atom. The first kappa shape index (κ1) is 22.6. The molecule has 2 aromatic heterocycles. The first-order chi connectivity index (χ1) is 17.0. The molecule has 0 aliphatic carbocycles. The molecule has 2 aromatic carbocycles. The second-order valence-corrected chi connectivity index (χ2v) is 8.66.